The van der Waals surface area contributed by atoms with Gasteiger partial charge < -0.3 is 0 Å². The number of benzene rings is 1. The zero-order valence-corrected chi connectivity index (χ0v) is 8.97. The van der Waals surface area contributed by atoms with Crippen LogP contribution < -0.4 is 0 Å². The van der Waals surface area contributed by atoms with Gasteiger partial charge in [0.25, 0.3) is 0 Å². The van der Waals surface area contributed by atoms with Crippen LogP contribution in [0, 0.1) is 0 Å². The summed E-state index contributed by atoms with van der Waals surface area (Å²) in [7, 11) is -3.94. The molecule has 2 rings (SSSR count). The lowest BCUT2D eigenvalue weighted by molar-refractivity contribution is -0.137. The molecular formula is C10H5F3O3S. The van der Waals surface area contributed by atoms with Crippen LogP contribution in [0.4, 0.5) is 13.2 Å². The highest BCUT2D eigenvalue weighted by Gasteiger charge is 2.39. The fourth-order valence-corrected chi connectivity index (χ4v) is 3.09. The molecule has 90 valence electrons. The Balaban J connectivity index is 2.86. The summed E-state index contributed by atoms with van der Waals surface area (Å²) in [6, 6.07) is 2.80. The first-order valence-corrected chi connectivity index (χ1v) is 5.94. The number of carbonyl (C=O) groups excluding carboxylic acids is 1. The van der Waals surface area contributed by atoms with E-state index in [0.717, 1.165) is 18.2 Å². The summed E-state index contributed by atoms with van der Waals surface area (Å²) in [5.41, 5.74) is -2.14. The van der Waals surface area contributed by atoms with Crippen LogP contribution in [-0.4, -0.2) is 14.7 Å². The number of rotatable bonds is 1. The number of alkyl halides is 3. The molecule has 3 nitrogen and oxygen atoms in total. The van der Waals surface area contributed by atoms with Gasteiger partial charge in [-0.05, 0) is 12.1 Å². The van der Waals surface area contributed by atoms with Gasteiger partial charge in [-0.1, -0.05) is 6.07 Å². The molecule has 1 aliphatic heterocycles. The maximum atomic E-state index is 12.7. The highest BCUT2D eigenvalue weighted by Crippen LogP contribution is 2.41. The first-order valence-electron chi connectivity index (χ1n) is 4.40. The van der Waals surface area contributed by atoms with Crippen LogP contribution in [0.3, 0.4) is 0 Å². The Morgan fingerprint density at radius 1 is 1.18 bits per heavy atom. The van der Waals surface area contributed by atoms with E-state index in [-0.39, 0.29) is 6.29 Å². The number of carbonyl (C=O) groups is 1. The molecule has 0 unspecified atom stereocenters. The Hall–Kier alpha value is -1.63. The predicted octanol–water partition coefficient (Wildman–Crippen LogP) is 2.03. The molecule has 0 atom stereocenters. The number of halogens is 3. The number of hydrogen-bond donors (Lipinski definition) is 0. The summed E-state index contributed by atoms with van der Waals surface area (Å²) >= 11 is 0. The Labute approximate surface area is 94.5 Å². The normalized spacial score (nSPS) is 17.5. The van der Waals surface area contributed by atoms with Gasteiger partial charge in [0, 0.05) is 16.5 Å². The summed E-state index contributed by atoms with van der Waals surface area (Å²) in [5, 5.41) is 0.555. The Morgan fingerprint density at radius 2 is 1.82 bits per heavy atom. The topological polar surface area (TPSA) is 51.2 Å². The number of fused-ring (bicyclic) bond motifs is 1. The Bertz CT molecular complexity index is 627. The largest absolute Gasteiger partial charge is 0.417 e. The van der Waals surface area contributed by atoms with Crippen LogP contribution in [-0.2, 0) is 20.8 Å². The fraction of sp³-hybridized carbons (Fsp3) is 0.100. The minimum Gasteiger partial charge on any atom is -0.298 e. The molecular weight excluding hydrogens is 257 g/mol. The zero-order valence-electron chi connectivity index (χ0n) is 8.15. The lowest BCUT2D eigenvalue weighted by Crippen LogP contribution is -2.09. The molecule has 1 aliphatic rings. The summed E-state index contributed by atoms with van der Waals surface area (Å²) in [6.07, 6.45) is -4.59. The maximum Gasteiger partial charge on any atom is 0.417 e. The van der Waals surface area contributed by atoms with E-state index >= 15 is 0 Å². The molecule has 17 heavy (non-hydrogen) atoms. The molecule has 0 amide bonds. The smallest absolute Gasteiger partial charge is 0.298 e. The van der Waals surface area contributed by atoms with E-state index < -0.39 is 37.6 Å². The van der Waals surface area contributed by atoms with E-state index in [1.807, 2.05) is 0 Å². The molecule has 0 fully saturated rings. The molecule has 1 aromatic rings. The summed E-state index contributed by atoms with van der Waals surface area (Å²) in [6.45, 7) is 0. The van der Waals surface area contributed by atoms with Crippen molar-refractivity contribution in [2.24, 2.45) is 0 Å². The average Bonchev–Trinajstić information content (AvgIpc) is 2.49. The summed E-state index contributed by atoms with van der Waals surface area (Å²) in [5.74, 6) is 0. The van der Waals surface area contributed by atoms with E-state index in [4.69, 9.17) is 0 Å². The van der Waals surface area contributed by atoms with Crippen molar-refractivity contribution in [3.63, 3.8) is 0 Å². The molecule has 0 aromatic heterocycles. The van der Waals surface area contributed by atoms with Crippen molar-refractivity contribution in [2.75, 3.05) is 0 Å². The van der Waals surface area contributed by atoms with Crippen LogP contribution >= 0.6 is 0 Å². The predicted molar refractivity (Wildman–Crippen MR) is 52.7 cm³/mol. The molecule has 7 heteroatoms. The maximum absolute atomic E-state index is 12.7. The third-order valence-electron chi connectivity index (χ3n) is 2.34. The van der Waals surface area contributed by atoms with Crippen molar-refractivity contribution in [2.45, 2.75) is 11.1 Å². The highest BCUT2D eigenvalue weighted by atomic mass is 32.2. The second-order valence-electron chi connectivity index (χ2n) is 3.41. The van der Waals surface area contributed by atoms with Crippen molar-refractivity contribution >= 4 is 21.7 Å². The van der Waals surface area contributed by atoms with Crippen molar-refractivity contribution in [3.05, 3.63) is 34.7 Å². The van der Waals surface area contributed by atoms with Crippen LogP contribution in [0.15, 0.2) is 28.5 Å². The average molecular weight is 262 g/mol. The summed E-state index contributed by atoms with van der Waals surface area (Å²) < 4.78 is 61.0. The lowest BCUT2D eigenvalue weighted by atomic mass is 10.0. The van der Waals surface area contributed by atoms with Gasteiger partial charge >= 0.3 is 6.18 Å². The van der Waals surface area contributed by atoms with Crippen molar-refractivity contribution in [3.8, 4) is 0 Å². The van der Waals surface area contributed by atoms with Gasteiger partial charge in [0.2, 0.25) is 9.84 Å². The third kappa shape index (κ3) is 1.76. The first kappa shape index (κ1) is 11.8. The van der Waals surface area contributed by atoms with Gasteiger partial charge in [-0.25, -0.2) is 8.42 Å². The van der Waals surface area contributed by atoms with Gasteiger partial charge in [-0.15, -0.1) is 0 Å². The zero-order chi connectivity index (χ0) is 12.8. The van der Waals surface area contributed by atoms with Gasteiger partial charge in [0.15, 0.2) is 6.29 Å². The van der Waals surface area contributed by atoms with Gasteiger partial charge in [0.1, 0.15) is 0 Å². The molecule has 0 bridgehead atoms. The van der Waals surface area contributed by atoms with Crippen LogP contribution in [0.5, 0.6) is 0 Å². The van der Waals surface area contributed by atoms with Crippen molar-refractivity contribution in [1.29, 1.82) is 0 Å². The molecule has 1 heterocycles. The van der Waals surface area contributed by atoms with Crippen LogP contribution in [0.1, 0.15) is 11.1 Å². The molecule has 0 saturated heterocycles. The quantitative estimate of drug-likeness (QED) is 0.728. The Morgan fingerprint density at radius 3 is 2.35 bits per heavy atom. The molecule has 0 spiro atoms. The van der Waals surface area contributed by atoms with E-state index in [1.165, 1.54) is 0 Å². The Kier molecular flexibility index (Phi) is 2.39. The number of sulfone groups is 1. The molecule has 0 N–H and O–H groups in total. The van der Waals surface area contributed by atoms with Crippen molar-refractivity contribution in [1.82, 2.24) is 0 Å². The standard InChI is InChI=1S/C10H5F3O3S/c11-10(12,13)7-2-1-3-8-9(7)6(4-14)5-17(8,15)16/h1-5H. The number of aldehydes is 1. The third-order valence-corrected chi connectivity index (χ3v) is 3.85. The van der Waals surface area contributed by atoms with Crippen LogP contribution in [0.25, 0.3) is 5.57 Å². The van der Waals surface area contributed by atoms with Gasteiger partial charge in [-0.2, -0.15) is 13.2 Å². The molecule has 0 saturated carbocycles. The summed E-state index contributed by atoms with van der Waals surface area (Å²) in [4.78, 5) is 10.2. The van der Waals surface area contributed by atoms with Gasteiger partial charge in [0.05, 0.1) is 10.5 Å². The minimum atomic E-state index is -4.70. The molecule has 1 aromatic carbocycles. The van der Waals surface area contributed by atoms with Crippen molar-refractivity contribution < 1.29 is 26.4 Å². The van der Waals surface area contributed by atoms with E-state index in [2.05, 4.69) is 0 Å². The van der Waals surface area contributed by atoms with Crippen LogP contribution in [0.2, 0.25) is 0 Å². The van der Waals surface area contributed by atoms with Gasteiger partial charge in [-0.3, -0.25) is 4.79 Å². The second kappa shape index (κ2) is 3.43. The fourth-order valence-electron chi connectivity index (χ4n) is 1.68. The molecule has 0 radical (unpaired) electrons. The van der Waals surface area contributed by atoms with E-state index in [9.17, 15) is 26.4 Å². The highest BCUT2D eigenvalue weighted by molar-refractivity contribution is 7.95. The lowest BCUT2D eigenvalue weighted by Gasteiger charge is -2.11. The number of hydrogen-bond acceptors (Lipinski definition) is 3. The van der Waals surface area contributed by atoms with E-state index in [0.29, 0.717) is 5.41 Å². The SMILES string of the molecule is O=CC1=CS(=O)(=O)c2cccc(C(F)(F)F)c21. The monoisotopic (exact) mass is 262 g/mol. The number of allylic oxidation sites excluding steroid dienone is 1. The van der Waals surface area contributed by atoms with E-state index in [1.54, 1.807) is 0 Å². The first-order chi connectivity index (χ1) is 7.77. The minimum absolute atomic E-state index is 0.110. The second-order valence-corrected chi connectivity index (χ2v) is 5.18. The molecule has 0 aliphatic carbocycles.